The van der Waals surface area contributed by atoms with Crippen molar-refractivity contribution >= 4 is 21.6 Å². The number of rotatable bonds is 7. The maximum Gasteiger partial charge on any atom is 0.302 e. The second-order valence-corrected chi connectivity index (χ2v) is 9.42. The molecule has 1 aromatic heterocycles. The molecule has 8 heteroatoms. The first-order valence-corrected chi connectivity index (χ1v) is 11.6. The molecule has 1 N–H and O–H groups in total. The van der Waals surface area contributed by atoms with E-state index in [1.165, 1.54) is 0 Å². The molecule has 0 aliphatic carbocycles. The smallest absolute Gasteiger partial charge is 0.302 e. The molecule has 0 aliphatic rings. The highest BCUT2D eigenvalue weighted by atomic mass is 35.5. The standard InChI is InChI=1S/C22H26ClN3O3S/c1-6-26-20(13-24-22(26)29-18-9-7-14(2)8-10-18)17(5)25-30(27,28)21-12-15(3)19(23)11-16(21)4/h7-13,17,25H,6H2,1-5H3. The number of aromatic nitrogens is 2. The zero-order valence-corrected chi connectivity index (χ0v) is 19.3. The van der Waals surface area contributed by atoms with Gasteiger partial charge in [0.1, 0.15) is 5.75 Å². The second kappa shape index (κ2) is 8.79. The highest BCUT2D eigenvalue weighted by molar-refractivity contribution is 7.89. The summed E-state index contributed by atoms with van der Waals surface area (Å²) in [6.07, 6.45) is 1.64. The van der Waals surface area contributed by atoms with Gasteiger partial charge in [0, 0.05) is 11.6 Å². The first-order valence-electron chi connectivity index (χ1n) is 9.71. The van der Waals surface area contributed by atoms with E-state index in [0.717, 1.165) is 5.56 Å². The van der Waals surface area contributed by atoms with Crippen LogP contribution in [0.1, 0.15) is 42.3 Å². The summed E-state index contributed by atoms with van der Waals surface area (Å²) in [6, 6.07) is 10.8. The van der Waals surface area contributed by atoms with E-state index in [1.807, 2.05) is 42.7 Å². The van der Waals surface area contributed by atoms with Crippen molar-refractivity contribution in [1.29, 1.82) is 0 Å². The quantitative estimate of drug-likeness (QED) is 0.532. The van der Waals surface area contributed by atoms with Crippen LogP contribution in [0.5, 0.6) is 11.8 Å². The van der Waals surface area contributed by atoms with Crippen LogP contribution in [-0.2, 0) is 16.6 Å². The van der Waals surface area contributed by atoms with Crippen molar-refractivity contribution < 1.29 is 13.2 Å². The van der Waals surface area contributed by atoms with Gasteiger partial charge in [-0.25, -0.2) is 18.1 Å². The lowest BCUT2D eigenvalue weighted by Crippen LogP contribution is -2.29. The van der Waals surface area contributed by atoms with Crippen LogP contribution in [0.15, 0.2) is 47.5 Å². The largest absolute Gasteiger partial charge is 0.426 e. The Morgan fingerprint density at radius 1 is 1.13 bits per heavy atom. The van der Waals surface area contributed by atoms with Crippen LogP contribution < -0.4 is 9.46 Å². The van der Waals surface area contributed by atoms with Crippen molar-refractivity contribution in [2.24, 2.45) is 0 Å². The minimum Gasteiger partial charge on any atom is -0.426 e. The topological polar surface area (TPSA) is 73.2 Å². The van der Waals surface area contributed by atoms with Crippen LogP contribution >= 0.6 is 11.6 Å². The van der Waals surface area contributed by atoms with E-state index >= 15 is 0 Å². The molecule has 30 heavy (non-hydrogen) atoms. The monoisotopic (exact) mass is 447 g/mol. The normalized spacial score (nSPS) is 12.7. The third-order valence-electron chi connectivity index (χ3n) is 4.92. The van der Waals surface area contributed by atoms with E-state index in [9.17, 15) is 8.42 Å². The number of nitrogens with zero attached hydrogens (tertiary/aromatic N) is 2. The van der Waals surface area contributed by atoms with Gasteiger partial charge in [0.15, 0.2) is 0 Å². The molecule has 2 aromatic carbocycles. The molecule has 1 atom stereocenters. The first-order chi connectivity index (χ1) is 14.1. The van der Waals surface area contributed by atoms with Crippen molar-refractivity contribution in [2.75, 3.05) is 0 Å². The molecular weight excluding hydrogens is 422 g/mol. The van der Waals surface area contributed by atoms with Crippen molar-refractivity contribution in [3.63, 3.8) is 0 Å². The first kappa shape index (κ1) is 22.3. The summed E-state index contributed by atoms with van der Waals surface area (Å²) in [5.74, 6) is 0.674. The van der Waals surface area contributed by atoms with E-state index < -0.39 is 16.1 Å². The van der Waals surface area contributed by atoms with E-state index in [2.05, 4.69) is 9.71 Å². The third-order valence-corrected chi connectivity index (χ3v) is 7.01. The lowest BCUT2D eigenvalue weighted by Gasteiger charge is -2.18. The number of hydrogen-bond donors (Lipinski definition) is 1. The van der Waals surface area contributed by atoms with Crippen LogP contribution in [0.2, 0.25) is 5.02 Å². The fraction of sp³-hybridized carbons (Fsp3) is 0.318. The zero-order valence-electron chi connectivity index (χ0n) is 17.7. The molecule has 1 heterocycles. The van der Waals surface area contributed by atoms with Crippen LogP contribution in [-0.4, -0.2) is 18.0 Å². The molecule has 6 nitrogen and oxygen atoms in total. The Bertz CT molecular complexity index is 1160. The summed E-state index contributed by atoms with van der Waals surface area (Å²) in [4.78, 5) is 4.58. The van der Waals surface area contributed by atoms with Gasteiger partial charge in [-0.15, -0.1) is 0 Å². The van der Waals surface area contributed by atoms with Gasteiger partial charge in [0.25, 0.3) is 0 Å². The van der Waals surface area contributed by atoms with Crippen LogP contribution in [0.3, 0.4) is 0 Å². The van der Waals surface area contributed by atoms with Gasteiger partial charge in [0.2, 0.25) is 10.0 Å². The Balaban J connectivity index is 1.86. The predicted molar refractivity (Wildman–Crippen MR) is 119 cm³/mol. The number of halogens is 1. The van der Waals surface area contributed by atoms with Gasteiger partial charge < -0.3 is 4.74 Å². The van der Waals surface area contributed by atoms with E-state index in [4.69, 9.17) is 16.3 Å². The molecule has 0 radical (unpaired) electrons. The molecule has 0 amide bonds. The average molecular weight is 448 g/mol. The minimum absolute atomic E-state index is 0.218. The number of ether oxygens (including phenoxy) is 1. The molecule has 160 valence electrons. The second-order valence-electron chi connectivity index (χ2n) is 7.33. The summed E-state index contributed by atoms with van der Waals surface area (Å²) < 4.78 is 36.5. The SMILES string of the molecule is CCn1c(C(C)NS(=O)(=O)c2cc(C)c(Cl)cc2C)cnc1Oc1ccc(C)cc1. The van der Waals surface area contributed by atoms with Gasteiger partial charge in [-0.1, -0.05) is 29.3 Å². The Hall–Kier alpha value is -2.35. The van der Waals surface area contributed by atoms with Gasteiger partial charge >= 0.3 is 6.01 Å². The molecule has 0 aliphatic heterocycles. The van der Waals surface area contributed by atoms with Gasteiger partial charge in [-0.3, -0.25) is 4.57 Å². The molecule has 0 saturated heterocycles. The van der Waals surface area contributed by atoms with E-state index in [0.29, 0.717) is 40.1 Å². The molecule has 1 unspecified atom stereocenters. The summed E-state index contributed by atoms with van der Waals surface area (Å²) in [6.45, 7) is 9.85. The molecule has 0 bridgehead atoms. The van der Waals surface area contributed by atoms with Crippen molar-refractivity contribution in [3.8, 4) is 11.8 Å². The Morgan fingerprint density at radius 2 is 1.80 bits per heavy atom. The Kier molecular flexibility index (Phi) is 6.55. The average Bonchev–Trinajstić information content (AvgIpc) is 3.08. The number of imidazole rings is 1. The number of aryl methyl sites for hydroxylation is 3. The Labute approximate surface area is 182 Å². The predicted octanol–water partition coefficient (Wildman–Crippen LogP) is 5.31. The minimum atomic E-state index is -3.75. The van der Waals surface area contributed by atoms with Crippen LogP contribution in [0, 0.1) is 20.8 Å². The fourth-order valence-electron chi connectivity index (χ4n) is 3.23. The Morgan fingerprint density at radius 3 is 2.43 bits per heavy atom. The summed E-state index contributed by atoms with van der Waals surface area (Å²) in [5, 5.41) is 0.543. The molecular formula is C22H26ClN3O3S. The number of hydrogen-bond acceptors (Lipinski definition) is 4. The molecule has 0 fully saturated rings. The highest BCUT2D eigenvalue weighted by Gasteiger charge is 2.24. The lowest BCUT2D eigenvalue weighted by atomic mass is 10.2. The van der Waals surface area contributed by atoms with Crippen molar-refractivity contribution in [2.45, 2.75) is 52.1 Å². The van der Waals surface area contributed by atoms with Crippen molar-refractivity contribution in [3.05, 3.63) is 70.0 Å². The summed E-state index contributed by atoms with van der Waals surface area (Å²) >= 11 is 6.11. The number of sulfonamides is 1. The third kappa shape index (κ3) is 4.69. The number of benzene rings is 2. The molecule has 0 spiro atoms. The maximum absolute atomic E-state index is 13.0. The summed E-state index contributed by atoms with van der Waals surface area (Å²) in [7, 11) is -3.75. The van der Waals surface area contributed by atoms with E-state index in [-0.39, 0.29) is 4.90 Å². The molecule has 3 aromatic rings. The van der Waals surface area contributed by atoms with Crippen molar-refractivity contribution in [1.82, 2.24) is 14.3 Å². The van der Waals surface area contributed by atoms with Gasteiger partial charge in [-0.05, 0) is 70.0 Å². The van der Waals surface area contributed by atoms with Crippen LogP contribution in [0.25, 0.3) is 0 Å². The molecule has 0 saturated carbocycles. The van der Waals surface area contributed by atoms with E-state index in [1.54, 1.807) is 39.1 Å². The highest BCUT2D eigenvalue weighted by Crippen LogP contribution is 2.28. The maximum atomic E-state index is 13.0. The van der Waals surface area contributed by atoms with Gasteiger partial charge in [-0.2, -0.15) is 0 Å². The van der Waals surface area contributed by atoms with Crippen LogP contribution in [0.4, 0.5) is 0 Å². The van der Waals surface area contributed by atoms with Gasteiger partial charge in [0.05, 0.1) is 22.8 Å². The number of nitrogens with one attached hydrogen (secondary N) is 1. The zero-order chi connectivity index (χ0) is 22.1. The lowest BCUT2D eigenvalue weighted by molar-refractivity contribution is 0.408. The fourth-order valence-corrected chi connectivity index (χ4v) is 4.97. The summed E-state index contributed by atoms with van der Waals surface area (Å²) in [5.41, 5.74) is 3.16. The molecule has 3 rings (SSSR count).